The Labute approximate surface area is 178 Å². The maximum absolute atomic E-state index is 13.1. The first-order chi connectivity index (χ1) is 14.3. The second-order valence-electron chi connectivity index (χ2n) is 7.18. The second-order valence-corrected chi connectivity index (χ2v) is 9.15. The minimum atomic E-state index is -3.79. The third kappa shape index (κ3) is 4.71. The van der Waals surface area contributed by atoms with Crippen molar-refractivity contribution in [2.24, 2.45) is 0 Å². The zero-order valence-electron chi connectivity index (χ0n) is 17.4. The quantitative estimate of drug-likeness (QED) is 0.600. The van der Waals surface area contributed by atoms with E-state index < -0.39 is 10.0 Å². The number of benzene rings is 3. The summed E-state index contributed by atoms with van der Waals surface area (Å²) in [5.41, 5.74) is 2.93. The molecule has 3 rings (SSSR count). The van der Waals surface area contributed by atoms with Crippen LogP contribution in [0.2, 0.25) is 0 Å². The second kappa shape index (κ2) is 9.13. The standard InChI is InChI=1S/C24H26N2O3S/c1-4-23(19-9-6-5-7-10-19)25-24(27)20-11-8-12-22(17-20)30(28,29)26(3)21-15-13-18(2)14-16-21/h5-17,23H,4H2,1-3H3,(H,25,27). The molecule has 156 valence electrons. The zero-order chi connectivity index (χ0) is 21.7. The summed E-state index contributed by atoms with van der Waals surface area (Å²) < 4.78 is 27.4. The molecule has 6 heteroatoms. The molecule has 0 aliphatic heterocycles. The van der Waals surface area contributed by atoms with Gasteiger partial charge in [-0.25, -0.2) is 8.42 Å². The Hall–Kier alpha value is -3.12. The van der Waals surface area contributed by atoms with Crippen LogP contribution in [0.25, 0.3) is 0 Å². The normalized spacial score (nSPS) is 12.2. The van der Waals surface area contributed by atoms with Crippen LogP contribution in [0.4, 0.5) is 5.69 Å². The highest BCUT2D eigenvalue weighted by atomic mass is 32.2. The molecule has 0 aliphatic carbocycles. The fourth-order valence-electron chi connectivity index (χ4n) is 3.20. The molecule has 0 saturated carbocycles. The minimum absolute atomic E-state index is 0.0750. The third-order valence-corrected chi connectivity index (χ3v) is 6.85. The molecule has 3 aromatic rings. The summed E-state index contributed by atoms with van der Waals surface area (Å²) in [4.78, 5) is 12.9. The van der Waals surface area contributed by atoms with Gasteiger partial charge in [0.15, 0.2) is 0 Å². The van der Waals surface area contributed by atoms with E-state index in [4.69, 9.17) is 0 Å². The lowest BCUT2D eigenvalue weighted by molar-refractivity contribution is 0.0935. The Morgan fingerprint density at radius 3 is 2.27 bits per heavy atom. The van der Waals surface area contributed by atoms with Crippen molar-refractivity contribution in [3.05, 3.63) is 95.6 Å². The maximum Gasteiger partial charge on any atom is 0.264 e. The topological polar surface area (TPSA) is 66.5 Å². The van der Waals surface area contributed by atoms with Crippen molar-refractivity contribution < 1.29 is 13.2 Å². The lowest BCUT2D eigenvalue weighted by Crippen LogP contribution is -2.29. The molecule has 0 saturated heterocycles. The van der Waals surface area contributed by atoms with Gasteiger partial charge in [0.2, 0.25) is 0 Å². The summed E-state index contributed by atoms with van der Waals surface area (Å²) in [5.74, 6) is -0.305. The predicted octanol–water partition coefficient (Wildman–Crippen LogP) is 4.70. The molecule has 0 radical (unpaired) electrons. The van der Waals surface area contributed by atoms with Crippen molar-refractivity contribution >= 4 is 21.6 Å². The Morgan fingerprint density at radius 1 is 0.967 bits per heavy atom. The highest BCUT2D eigenvalue weighted by Crippen LogP contribution is 2.23. The summed E-state index contributed by atoms with van der Waals surface area (Å²) in [7, 11) is -2.28. The Morgan fingerprint density at radius 2 is 1.63 bits per heavy atom. The van der Waals surface area contributed by atoms with E-state index in [1.54, 1.807) is 24.3 Å². The van der Waals surface area contributed by atoms with Crippen molar-refractivity contribution in [3.8, 4) is 0 Å². The van der Waals surface area contributed by atoms with E-state index in [0.29, 0.717) is 11.3 Å². The predicted molar refractivity (Wildman–Crippen MR) is 120 cm³/mol. The fourth-order valence-corrected chi connectivity index (χ4v) is 4.44. The van der Waals surface area contributed by atoms with Crippen LogP contribution in [0.15, 0.2) is 83.8 Å². The number of aryl methyl sites for hydroxylation is 1. The number of nitrogens with zero attached hydrogens (tertiary/aromatic N) is 1. The van der Waals surface area contributed by atoms with Crippen LogP contribution in [0, 0.1) is 6.92 Å². The third-order valence-electron chi connectivity index (χ3n) is 5.07. The van der Waals surface area contributed by atoms with Gasteiger partial charge in [-0.2, -0.15) is 0 Å². The van der Waals surface area contributed by atoms with E-state index in [9.17, 15) is 13.2 Å². The Balaban J connectivity index is 1.84. The molecule has 1 unspecified atom stereocenters. The van der Waals surface area contributed by atoms with Crippen LogP contribution >= 0.6 is 0 Å². The molecule has 0 bridgehead atoms. The lowest BCUT2D eigenvalue weighted by atomic mass is 10.0. The molecule has 30 heavy (non-hydrogen) atoms. The molecule has 0 heterocycles. The smallest absolute Gasteiger partial charge is 0.264 e. The number of hydrogen-bond donors (Lipinski definition) is 1. The first-order valence-corrected chi connectivity index (χ1v) is 11.3. The average molecular weight is 423 g/mol. The van der Waals surface area contributed by atoms with Crippen LogP contribution in [-0.4, -0.2) is 21.4 Å². The van der Waals surface area contributed by atoms with E-state index in [-0.39, 0.29) is 16.8 Å². The van der Waals surface area contributed by atoms with Gasteiger partial charge in [-0.05, 0) is 49.2 Å². The van der Waals surface area contributed by atoms with E-state index in [2.05, 4.69) is 5.32 Å². The molecule has 0 fully saturated rings. The molecular weight excluding hydrogens is 396 g/mol. The van der Waals surface area contributed by atoms with Gasteiger partial charge in [0.1, 0.15) is 0 Å². The molecule has 3 aromatic carbocycles. The summed E-state index contributed by atoms with van der Waals surface area (Å²) >= 11 is 0. The van der Waals surface area contributed by atoms with Gasteiger partial charge in [-0.1, -0.05) is 61.0 Å². The van der Waals surface area contributed by atoms with Gasteiger partial charge >= 0.3 is 0 Å². The molecule has 0 spiro atoms. The lowest BCUT2D eigenvalue weighted by Gasteiger charge is -2.20. The Bertz CT molecular complexity index is 1110. The number of hydrogen-bond acceptors (Lipinski definition) is 3. The van der Waals surface area contributed by atoms with Crippen molar-refractivity contribution in [3.63, 3.8) is 0 Å². The first kappa shape index (κ1) is 21.6. The van der Waals surface area contributed by atoms with Crippen LogP contribution in [-0.2, 0) is 10.0 Å². The molecule has 1 N–H and O–H groups in total. The van der Waals surface area contributed by atoms with Crippen molar-refractivity contribution in [2.75, 3.05) is 11.4 Å². The van der Waals surface area contributed by atoms with E-state index in [1.165, 1.54) is 23.5 Å². The van der Waals surface area contributed by atoms with Crippen LogP contribution in [0.1, 0.15) is 40.9 Å². The summed E-state index contributed by atoms with van der Waals surface area (Å²) in [6.45, 7) is 3.94. The molecule has 0 aromatic heterocycles. The molecule has 0 aliphatic rings. The number of carbonyl (C=O) groups excluding carboxylic acids is 1. The van der Waals surface area contributed by atoms with E-state index in [0.717, 1.165) is 17.5 Å². The summed E-state index contributed by atoms with van der Waals surface area (Å²) in [5, 5.41) is 3.00. The number of sulfonamides is 1. The summed E-state index contributed by atoms with van der Waals surface area (Å²) in [6, 6.07) is 23.0. The van der Waals surface area contributed by atoms with Gasteiger partial charge in [0.05, 0.1) is 16.6 Å². The molecule has 5 nitrogen and oxygen atoms in total. The van der Waals surface area contributed by atoms with Crippen LogP contribution < -0.4 is 9.62 Å². The number of amides is 1. The molecular formula is C24H26N2O3S. The van der Waals surface area contributed by atoms with Crippen LogP contribution in [0.3, 0.4) is 0 Å². The average Bonchev–Trinajstić information content (AvgIpc) is 2.78. The minimum Gasteiger partial charge on any atom is -0.345 e. The Kier molecular flexibility index (Phi) is 6.57. The van der Waals surface area contributed by atoms with Crippen molar-refractivity contribution in [2.45, 2.75) is 31.2 Å². The largest absolute Gasteiger partial charge is 0.345 e. The van der Waals surface area contributed by atoms with Gasteiger partial charge in [-0.3, -0.25) is 9.10 Å². The number of nitrogens with one attached hydrogen (secondary N) is 1. The molecule has 1 amide bonds. The van der Waals surface area contributed by atoms with Gasteiger partial charge in [0.25, 0.3) is 15.9 Å². The summed E-state index contributed by atoms with van der Waals surface area (Å²) in [6.07, 6.45) is 0.726. The van der Waals surface area contributed by atoms with Crippen molar-refractivity contribution in [1.82, 2.24) is 5.32 Å². The van der Waals surface area contributed by atoms with Gasteiger partial charge in [0, 0.05) is 12.6 Å². The van der Waals surface area contributed by atoms with E-state index >= 15 is 0 Å². The van der Waals surface area contributed by atoms with Crippen molar-refractivity contribution in [1.29, 1.82) is 0 Å². The van der Waals surface area contributed by atoms with E-state index in [1.807, 2.05) is 56.3 Å². The maximum atomic E-state index is 13.1. The fraction of sp³-hybridized carbons (Fsp3) is 0.208. The van der Waals surface area contributed by atoms with Gasteiger partial charge < -0.3 is 5.32 Å². The monoisotopic (exact) mass is 422 g/mol. The number of rotatable bonds is 7. The SMILES string of the molecule is CCC(NC(=O)c1cccc(S(=O)(=O)N(C)c2ccc(C)cc2)c1)c1ccccc1. The number of anilines is 1. The zero-order valence-corrected chi connectivity index (χ0v) is 18.2. The molecule has 1 atom stereocenters. The highest BCUT2D eigenvalue weighted by Gasteiger charge is 2.23. The van der Waals surface area contributed by atoms with Crippen LogP contribution in [0.5, 0.6) is 0 Å². The first-order valence-electron chi connectivity index (χ1n) is 9.84. The highest BCUT2D eigenvalue weighted by molar-refractivity contribution is 7.92. The number of carbonyl (C=O) groups is 1. The van der Waals surface area contributed by atoms with Gasteiger partial charge in [-0.15, -0.1) is 0 Å².